The Hall–Kier alpha value is -1.72. The summed E-state index contributed by atoms with van der Waals surface area (Å²) in [5.41, 5.74) is 2.57. The Labute approximate surface area is 166 Å². The molecule has 0 saturated carbocycles. The zero-order chi connectivity index (χ0) is 18.9. The van der Waals surface area contributed by atoms with Crippen molar-refractivity contribution in [2.75, 3.05) is 13.1 Å². The lowest BCUT2D eigenvalue weighted by Gasteiger charge is -2.38. The van der Waals surface area contributed by atoms with Crippen molar-refractivity contribution in [3.05, 3.63) is 51.5 Å². The molecule has 4 nitrogen and oxygen atoms in total. The molecular formula is C22H29N3OS. The van der Waals surface area contributed by atoms with E-state index < -0.39 is 0 Å². The van der Waals surface area contributed by atoms with Crippen molar-refractivity contribution in [2.24, 2.45) is 0 Å². The fourth-order valence-corrected chi connectivity index (χ4v) is 5.45. The molecule has 0 aliphatic carbocycles. The second kappa shape index (κ2) is 7.72. The summed E-state index contributed by atoms with van der Waals surface area (Å²) in [6, 6.07) is 8.64. The fourth-order valence-electron chi connectivity index (χ4n) is 4.62. The molecule has 1 spiro atoms. The van der Waals surface area contributed by atoms with Gasteiger partial charge in [-0.1, -0.05) is 29.8 Å². The van der Waals surface area contributed by atoms with E-state index in [2.05, 4.69) is 52.9 Å². The summed E-state index contributed by atoms with van der Waals surface area (Å²) in [4.78, 5) is 23.2. The molecule has 2 aromatic rings. The van der Waals surface area contributed by atoms with E-state index in [0.29, 0.717) is 12.3 Å². The van der Waals surface area contributed by atoms with Crippen LogP contribution in [-0.2, 0) is 17.9 Å². The lowest BCUT2D eigenvalue weighted by atomic mass is 9.87. The van der Waals surface area contributed by atoms with Crippen LogP contribution in [0.3, 0.4) is 0 Å². The number of amides is 1. The van der Waals surface area contributed by atoms with Crippen LogP contribution in [0.1, 0.15) is 53.1 Å². The number of aromatic nitrogens is 1. The van der Waals surface area contributed by atoms with Crippen LogP contribution in [0.15, 0.2) is 30.5 Å². The number of aryl methyl sites for hydroxylation is 2. The van der Waals surface area contributed by atoms with E-state index in [9.17, 15) is 4.79 Å². The normalized spacial score (nSPS) is 23.9. The number of carbonyl (C=O) groups is 1. The summed E-state index contributed by atoms with van der Waals surface area (Å²) in [6.07, 6.45) is 7.12. The van der Waals surface area contributed by atoms with Crippen LogP contribution in [0.25, 0.3) is 0 Å². The SMILES string of the molecule is Cc1ccc(CN2C(=O)CCC23CCCN(Cc2cnc(C)s2)CC3)cc1. The smallest absolute Gasteiger partial charge is 0.223 e. The number of hydrogen-bond acceptors (Lipinski definition) is 4. The van der Waals surface area contributed by atoms with Crippen molar-refractivity contribution in [2.45, 2.75) is 64.6 Å². The molecule has 0 N–H and O–H groups in total. The Morgan fingerprint density at radius 3 is 2.63 bits per heavy atom. The van der Waals surface area contributed by atoms with Gasteiger partial charge in [-0.05, 0) is 51.6 Å². The van der Waals surface area contributed by atoms with Gasteiger partial charge in [0, 0.05) is 42.7 Å². The van der Waals surface area contributed by atoms with E-state index in [1.165, 1.54) is 16.0 Å². The molecule has 144 valence electrons. The predicted octanol–water partition coefficient (Wildman–Crippen LogP) is 4.31. The number of thiazole rings is 1. The molecule has 2 aliphatic heterocycles. The molecule has 2 fully saturated rings. The number of rotatable bonds is 4. The van der Waals surface area contributed by atoms with Crippen LogP contribution in [0.4, 0.5) is 0 Å². The largest absolute Gasteiger partial charge is 0.333 e. The molecule has 3 heterocycles. The van der Waals surface area contributed by atoms with Gasteiger partial charge in [0.1, 0.15) is 0 Å². The molecule has 1 aromatic heterocycles. The Morgan fingerprint density at radius 2 is 1.89 bits per heavy atom. The van der Waals surface area contributed by atoms with Gasteiger partial charge in [-0.25, -0.2) is 4.98 Å². The van der Waals surface area contributed by atoms with Crippen LogP contribution in [0, 0.1) is 13.8 Å². The van der Waals surface area contributed by atoms with Crippen molar-refractivity contribution >= 4 is 17.2 Å². The van der Waals surface area contributed by atoms with E-state index in [0.717, 1.165) is 56.9 Å². The van der Waals surface area contributed by atoms with Crippen LogP contribution in [0.2, 0.25) is 0 Å². The number of carbonyl (C=O) groups excluding carboxylic acids is 1. The average molecular weight is 384 g/mol. The molecule has 2 saturated heterocycles. The monoisotopic (exact) mass is 383 g/mol. The van der Waals surface area contributed by atoms with Gasteiger partial charge in [-0.3, -0.25) is 9.69 Å². The highest BCUT2D eigenvalue weighted by Crippen LogP contribution is 2.40. The van der Waals surface area contributed by atoms with Crippen molar-refractivity contribution in [3.8, 4) is 0 Å². The molecule has 4 rings (SSSR count). The predicted molar refractivity (Wildman–Crippen MR) is 110 cm³/mol. The lowest BCUT2D eigenvalue weighted by Crippen LogP contribution is -2.45. The minimum Gasteiger partial charge on any atom is -0.333 e. The lowest BCUT2D eigenvalue weighted by molar-refractivity contribution is -0.132. The molecular weight excluding hydrogens is 354 g/mol. The van der Waals surface area contributed by atoms with Crippen LogP contribution in [0.5, 0.6) is 0 Å². The molecule has 0 bridgehead atoms. The quantitative estimate of drug-likeness (QED) is 0.789. The second-order valence-electron chi connectivity index (χ2n) is 8.17. The van der Waals surface area contributed by atoms with Gasteiger partial charge in [-0.15, -0.1) is 11.3 Å². The van der Waals surface area contributed by atoms with Crippen LogP contribution >= 0.6 is 11.3 Å². The first kappa shape index (κ1) is 18.6. The van der Waals surface area contributed by atoms with E-state index >= 15 is 0 Å². The Balaban J connectivity index is 1.45. The van der Waals surface area contributed by atoms with Crippen molar-refractivity contribution in [3.63, 3.8) is 0 Å². The minimum atomic E-state index is 0.0559. The summed E-state index contributed by atoms with van der Waals surface area (Å²) in [5.74, 6) is 0.335. The zero-order valence-electron chi connectivity index (χ0n) is 16.4. The molecule has 1 unspecified atom stereocenters. The van der Waals surface area contributed by atoms with Crippen LogP contribution in [-0.4, -0.2) is 39.3 Å². The Bertz CT molecular complexity index is 800. The molecule has 1 atom stereocenters. The number of hydrogen-bond donors (Lipinski definition) is 0. The average Bonchev–Trinajstić information content (AvgIpc) is 3.11. The Kier molecular flexibility index (Phi) is 5.33. The van der Waals surface area contributed by atoms with E-state index in [4.69, 9.17) is 0 Å². The van der Waals surface area contributed by atoms with Gasteiger partial charge in [-0.2, -0.15) is 0 Å². The van der Waals surface area contributed by atoms with Crippen molar-refractivity contribution in [1.29, 1.82) is 0 Å². The van der Waals surface area contributed by atoms with Gasteiger partial charge in [0.25, 0.3) is 0 Å². The third-order valence-corrected chi connectivity index (χ3v) is 7.10. The van der Waals surface area contributed by atoms with Gasteiger partial charge < -0.3 is 4.90 Å². The van der Waals surface area contributed by atoms with E-state index in [-0.39, 0.29) is 5.54 Å². The first-order chi connectivity index (χ1) is 13.0. The zero-order valence-corrected chi connectivity index (χ0v) is 17.2. The van der Waals surface area contributed by atoms with Crippen molar-refractivity contribution in [1.82, 2.24) is 14.8 Å². The highest BCUT2D eigenvalue weighted by atomic mass is 32.1. The maximum absolute atomic E-state index is 12.7. The van der Waals surface area contributed by atoms with E-state index in [1.807, 2.05) is 6.20 Å². The highest BCUT2D eigenvalue weighted by Gasteiger charge is 2.45. The fraction of sp³-hybridized carbons (Fsp3) is 0.545. The second-order valence-corrected chi connectivity index (χ2v) is 9.48. The number of likely N-dealkylation sites (tertiary alicyclic amines) is 2. The van der Waals surface area contributed by atoms with Gasteiger partial charge in [0.05, 0.1) is 5.01 Å². The minimum absolute atomic E-state index is 0.0559. The maximum Gasteiger partial charge on any atom is 0.223 e. The standard InChI is InChI=1S/C22H29N3OS/c1-17-4-6-19(7-5-17)15-25-21(26)8-10-22(25)9-3-12-24(13-11-22)16-20-14-23-18(2)27-20/h4-7,14H,3,8-13,15-16H2,1-2H3. The van der Waals surface area contributed by atoms with Crippen LogP contribution < -0.4 is 0 Å². The van der Waals surface area contributed by atoms with Gasteiger partial charge in [0.15, 0.2) is 0 Å². The Morgan fingerprint density at radius 1 is 1.07 bits per heavy atom. The summed E-state index contributed by atoms with van der Waals surface area (Å²) in [7, 11) is 0. The topological polar surface area (TPSA) is 36.4 Å². The van der Waals surface area contributed by atoms with Gasteiger partial charge >= 0.3 is 0 Å². The third kappa shape index (κ3) is 4.09. The van der Waals surface area contributed by atoms with E-state index in [1.54, 1.807) is 11.3 Å². The maximum atomic E-state index is 12.7. The number of nitrogens with zero attached hydrogens (tertiary/aromatic N) is 3. The summed E-state index contributed by atoms with van der Waals surface area (Å²) < 4.78 is 0. The molecule has 2 aliphatic rings. The van der Waals surface area contributed by atoms with Crippen molar-refractivity contribution < 1.29 is 4.79 Å². The highest BCUT2D eigenvalue weighted by molar-refractivity contribution is 7.11. The first-order valence-corrected chi connectivity index (χ1v) is 10.9. The molecule has 5 heteroatoms. The third-order valence-electron chi connectivity index (χ3n) is 6.20. The first-order valence-electron chi connectivity index (χ1n) is 10.0. The molecule has 0 radical (unpaired) electrons. The molecule has 1 amide bonds. The number of benzene rings is 1. The molecule has 27 heavy (non-hydrogen) atoms. The summed E-state index contributed by atoms with van der Waals surface area (Å²) in [5, 5.41) is 1.14. The summed E-state index contributed by atoms with van der Waals surface area (Å²) in [6.45, 7) is 8.11. The van der Waals surface area contributed by atoms with Gasteiger partial charge in [0.2, 0.25) is 5.91 Å². The summed E-state index contributed by atoms with van der Waals surface area (Å²) >= 11 is 1.80. The molecule has 1 aromatic carbocycles.